The Hall–Kier alpha value is -2.17. The van der Waals surface area contributed by atoms with Gasteiger partial charge in [0.1, 0.15) is 5.52 Å². The van der Waals surface area contributed by atoms with Crippen molar-refractivity contribution >= 4 is 16.8 Å². The topological polar surface area (TPSA) is 75.1 Å². The van der Waals surface area contributed by atoms with Crippen molar-refractivity contribution in [3.63, 3.8) is 0 Å². The molecule has 5 heteroatoms. The number of pyridine rings is 2. The van der Waals surface area contributed by atoms with Gasteiger partial charge in [-0.1, -0.05) is 6.92 Å². The maximum Gasteiger partial charge on any atom is 0.252 e. The van der Waals surface area contributed by atoms with Crippen LogP contribution in [0.15, 0.2) is 18.5 Å². The van der Waals surface area contributed by atoms with Gasteiger partial charge in [-0.15, -0.1) is 0 Å². The fraction of sp³-hybridized carbons (Fsp3) is 0.308. The number of nitrogens with one attached hydrogen (secondary N) is 1. The fourth-order valence-corrected chi connectivity index (χ4v) is 1.77. The van der Waals surface area contributed by atoms with Crippen LogP contribution in [0, 0.1) is 0 Å². The molecule has 2 heterocycles. The molecule has 0 saturated heterocycles. The van der Waals surface area contributed by atoms with Crippen molar-refractivity contribution in [3.8, 4) is 5.75 Å². The molecule has 0 spiro atoms. The number of aromatic nitrogens is 2. The average molecular weight is 245 g/mol. The van der Waals surface area contributed by atoms with Crippen molar-refractivity contribution in [2.45, 2.75) is 20.3 Å². The van der Waals surface area contributed by atoms with E-state index in [2.05, 4.69) is 15.3 Å². The maximum atomic E-state index is 11.7. The molecule has 0 aliphatic rings. The molecule has 0 bridgehead atoms. The molecule has 0 unspecified atom stereocenters. The van der Waals surface area contributed by atoms with Crippen molar-refractivity contribution in [3.05, 3.63) is 29.7 Å². The van der Waals surface area contributed by atoms with E-state index in [0.29, 0.717) is 35.1 Å². The largest absolute Gasteiger partial charge is 0.504 e. The molecular formula is C13H15N3O2. The number of aryl methyl sites for hydroxylation is 1. The summed E-state index contributed by atoms with van der Waals surface area (Å²) in [5, 5.41) is 13.3. The predicted molar refractivity (Wildman–Crippen MR) is 68.6 cm³/mol. The number of hydrogen-bond donors (Lipinski definition) is 2. The third-order valence-electron chi connectivity index (χ3n) is 2.71. The summed E-state index contributed by atoms with van der Waals surface area (Å²) in [4.78, 5) is 20.0. The van der Waals surface area contributed by atoms with E-state index >= 15 is 0 Å². The second kappa shape index (κ2) is 5.00. The highest BCUT2D eigenvalue weighted by atomic mass is 16.3. The first-order valence-corrected chi connectivity index (χ1v) is 5.92. The summed E-state index contributed by atoms with van der Waals surface area (Å²) in [7, 11) is 0. The zero-order chi connectivity index (χ0) is 13.1. The Labute approximate surface area is 105 Å². The minimum Gasteiger partial charge on any atom is -0.504 e. The van der Waals surface area contributed by atoms with Crippen molar-refractivity contribution in [2.24, 2.45) is 0 Å². The standard InChI is InChI=1S/C13H15N3O2/c1-3-10-12(17)11-8(6-15-10)5-9(7-16-11)13(18)14-4-2/h5-7,17H,3-4H2,1-2H3,(H,14,18). The summed E-state index contributed by atoms with van der Waals surface area (Å²) in [6.07, 6.45) is 3.73. The second-order valence-corrected chi connectivity index (χ2v) is 3.93. The van der Waals surface area contributed by atoms with E-state index in [0.717, 1.165) is 0 Å². The molecule has 5 nitrogen and oxygen atoms in total. The number of rotatable bonds is 3. The second-order valence-electron chi connectivity index (χ2n) is 3.93. The summed E-state index contributed by atoms with van der Waals surface area (Å²) in [6, 6.07) is 1.68. The van der Waals surface area contributed by atoms with E-state index in [1.54, 1.807) is 12.3 Å². The van der Waals surface area contributed by atoms with E-state index in [-0.39, 0.29) is 11.7 Å². The van der Waals surface area contributed by atoms with Gasteiger partial charge in [-0.2, -0.15) is 0 Å². The third kappa shape index (κ3) is 2.11. The number of carbonyl (C=O) groups excluding carboxylic acids is 1. The molecule has 0 aliphatic heterocycles. The van der Waals surface area contributed by atoms with Gasteiger partial charge in [-0.25, -0.2) is 0 Å². The average Bonchev–Trinajstić information content (AvgIpc) is 2.39. The summed E-state index contributed by atoms with van der Waals surface area (Å²) in [5.74, 6) is -0.0802. The Morgan fingerprint density at radius 2 is 2.11 bits per heavy atom. The van der Waals surface area contributed by atoms with Crippen LogP contribution in [0.5, 0.6) is 5.75 Å². The van der Waals surface area contributed by atoms with Gasteiger partial charge in [0.2, 0.25) is 0 Å². The lowest BCUT2D eigenvalue weighted by atomic mass is 10.1. The molecule has 94 valence electrons. The van der Waals surface area contributed by atoms with Gasteiger partial charge in [0, 0.05) is 24.3 Å². The Balaban J connectivity index is 2.50. The van der Waals surface area contributed by atoms with Crippen LogP contribution in [0.3, 0.4) is 0 Å². The Morgan fingerprint density at radius 1 is 1.33 bits per heavy atom. The van der Waals surface area contributed by atoms with Crippen LogP contribution in [0.2, 0.25) is 0 Å². The van der Waals surface area contributed by atoms with Gasteiger partial charge in [-0.05, 0) is 19.4 Å². The van der Waals surface area contributed by atoms with Crippen molar-refractivity contribution in [2.75, 3.05) is 6.54 Å². The van der Waals surface area contributed by atoms with Gasteiger partial charge < -0.3 is 10.4 Å². The molecule has 18 heavy (non-hydrogen) atoms. The van der Waals surface area contributed by atoms with Gasteiger partial charge >= 0.3 is 0 Å². The van der Waals surface area contributed by atoms with Gasteiger partial charge in [-0.3, -0.25) is 14.8 Å². The van der Waals surface area contributed by atoms with Crippen molar-refractivity contribution in [1.29, 1.82) is 0 Å². The highest BCUT2D eigenvalue weighted by Gasteiger charge is 2.11. The van der Waals surface area contributed by atoms with E-state index < -0.39 is 0 Å². The van der Waals surface area contributed by atoms with E-state index in [4.69, 9.17) is 0 Å². The lowest BCUT2D eigenvalue weighted by molar-refractivity contribution is 0.0955. The molecule has 0 radical (unpaired) electrons. The number of hydrogen-bond acceptors (Lipinski definition) is 4. The summed E-state index contributed by atoms with van der Waals surface area (Å²) >= 11 is 0. The lowest BCUT2D eigenvalue weighted by Crippen LogP contribution is -2.22. The van der Waals surface area contributed by atoms with Crippen LogP contribution in [0.1, 0.15) is 29.9 Å². The molecule has 0 atom stereocenters. The number of amides is 1. The Kier molecular flexibility index (Phi) is 3.41. The Bertz CT molecular complexity index is 596. The minimum atomic E-state index is -0.175. The van der Waals surface area contributed by atoms with Crippen LogP contribution < -0.4 is 5.32 Å². The van der Waals surface area contributed by atoms with Crippen molar-refractivity contribution < 1.29 is 9.90 Å². The van der Waals surface area contributed by atoms with Gasteiger partial charge in [0.25, 0.3) is 5.91 Å². The number of carbonyl (C=O) groups is 1. The monoisotopic (exact) mass is 245 g/mol. The molecule has 2 aromatic heterocycles. The first-order valence-electron chi connectivity index (χ1n) is 5.92. The number of aromatic hydroxyl groups is 1. The smallest absolute Gasteiger partial charge is 0.252 e. The molecule has 2 N–H and O–H groups in total. The number of nitrogens with zero attached hydrogens (tertiary/aromatic N) is 2. The molecule has 2 aromatic rings. The van der Waals surface area contributed by atoms with E-state index in [9.17, 15) is 9.90 Å². The minimum absolute atomic E-state index is 0.0949. The first-order chi connectivity index (χ1) is 8.67. The fourth-order valence-electron chi connectivity index (χ4n) is 1.77. The normalized spacial score (nSPS) is 10.6. The quantitative estimate of drug-likeness (QED) is 0.862. The van der Waals surface area contributed by atoms with Gasteiger partial charge in [0.15, 0.2) is 5.75 Å². The molecule has 0 aromatic carbocycles. The Morgan fingerprint density at radius 3 is 2.78 bits per heavy atom. The SMILES string of the molecule is CCNC(=O)c1cnc2c(O)c(CC)ncc2c1. The zero-order valence-electron chi connectivity index (χ0n) is 10.4. The third-order valence-corrected chi connectivity index (χ3v) is 2.71. The van der Waals surface area contributed by atoms with Gasteiger partial charge in [0.05, 0.1) is 11.3 Å². The van der Waals surface area contributed by atoms with Crippen LogP contribution in [-0.2, 0) is 6.42 Å². The molecule has 0 fully saturated rings. The van der Waals surface area contributed by atoms with Crippen molar-refractivity contribution in [1.82, 2.24) is 15.3 Å². The van der Waals surface area contributed by atoms with Crippen LogP contribution >= 0.6 is 0 Å². The molecule has 1 amide bonds. The van der Waals surface area contributed by atoms with E-state index in [1.165, 1.54) is 6.20 Å². The molecule has 0 saturated carbocycles. The molecule has 0 aliphatic carbocycles. The maximum absolute atomic E-state index is 11.7. The van der Waals surface area contributed by atoms with E-state index in [1.807, 2.05) is 13.8 Å². The van der Waals surface area contributed by atoms with Crippen LogP contribution in [-0.4, -0.2) is 27.5 Å². The summed E-state index contributed by atoms with van der Waals surface area (Å²) < 4.78 is 0. The highest BCUT2D eigenvalue weighted by molar-refractivity contribution is 5.98. The summed E-state index contributed by atoms with van der Waals surface area (Å²) in [6.45, 7) is 4.33. The zero-order valence-corrected chi connectivity index (χ0v) is 10.4. The lowest BCUT2D eigenvalue weighted by Gasteiger charge is -2.06. The van der Waals surface area contributed by atoms with Crippen LogP contribution in [0.25, 0.3) is 10.9 Å². The highest BCUT2D eigenvalue weighted by Crippen LogP contribution is 2.25. The molecular weight excluding hydrogens is 230 g/mol. The predicted octanol–water partition coefficient (Wildman–Crippen LogP) is 1.65. The number of fused-ring (bicyclic) bond motifs is 1. The van der Waals surface area contributed by atoms with Crippen LogP contribution in [0.4, 0.5) is 0 Å². The first kappa shape index (κ1) is 12.3. The summed E-state index contributed by atoms with van der Waals surface area (Å²) in [5.41, 5.74) is 1.56. The molecule has 2 rings (SSSR count).